The van der Waals surface area contributed by atoms with E-state index in [2.05, 4.69) is 25.1 Å². The number of aromatic nitrogens is 2. The van der Waals surface area contributed by atoms with Gasteiger partial charge in [0.25, 0.3) is 0 Å². The summed E-state index contributed by atoms with van der Waals surface area (Å²) in [4.78, 5) is 25.3. The summed E-state index contributed by atoms with van der Waals surface area (Å²) in [6.45, 7) is 5.16. The van der Waals surface area contributed by atoms with Crippen LogP contribution in [0.2, 0.25) is 0 Å². The molecule has 0 aromatic carbocycles. The highest BCUT2D eigenvalue weighted by atomic mass is 35.5. The second-order valence-electron chi connectivity index (χ2n) is 6.91. The van der Waals surface area contributed by atoms with E-state index >= 15 is 0 Å². The summed E-state index contributed by atoms with van der Waals surface area (Å²) in [5, 5.41) is 12.7. The van der Waals surface area contributed by atoms with Crippen LogP contribution in [0.4, 0.5) is 5.95 Å². The highest BCUT2D eigenvalue weighted by Crippen LogP contribution is 2.23. The Morgan fingerprint density at radius 2 is 1.85 bits per heavy atom. The lowest BCUT2D eigenvalue weighted by Gasteiger charge is -2.35. The molecule has 0 unspecified atom stereocenters. The highest BCUT2D eigenvalue weighted by molar-refractivity contribution is 5.85. The van der Waals surface area contributed by atoms with Crippen molar-refractivity contribution in [2.24, 2.45) is 11.7 Å². The molecule has 3 rings (SSSR count). The Labute approximate surface area is 172 Å². The number of aliphatic hydroxyl groups excluding tert-OH is 1. The fourth-order valence-electron chi connectivity index (χ4n) is 3.54. The lowest BCUT2D eigenvalue weighted by Crippen LogP contribution is -2.50. The van der Waals surface area contributed by atoms with Crippen molar-refractivity contribution in [3.05, 3.63) is 18.5 Å². The molecule has 154 valence electrons. The summed E-state index contributed by atoms with van der Waals surface area (Å²) in [5.41, 5.74) is 5.86. The predicted molar refractivity (Wildman–Crippen MR) is 110 cm³/mol. The molecular weight excluding hydrogens is 391 g/mol. The van der Waals surface area contributed by atoms with Crippen LogP contribution in [0.3, 0.4) is 0 Å². The molecule has 1 aromatic heterocycles. The Morgan fingerprint density at radius 3 is 2.48 bits per heavy atom. The monoisotopic (exact) mass is 420 g/mol. The van der Waals surface area contributed by atoms with Gasteiger partial charge in [-0.25, -0.2) is 9.97 Å². The molecule has 2 fully saturated rings. The second kappa shape index (κ2) is 11.6. The molecule has 1 aromatic rings. The molecule has 1 aliphatic carbocycles. The Balaban J connectivity index is 0.00000182. The molecule has 1 amide bonds. The van der Waals surface area contributed by atoms with Crippen molar-refractivity contribution >= 4 is 36.7 Å². The topological polar surface area (TPSA) is 108 Å². The summed E-state index contributed by atoms with van der Waals surface area (Å²) in [5.74, 6) is 0.787. The maximum absolute atomic E-state index is 12.2. The number of nitrogens with zero attached hydrogens (tertiary/aromatic N) is 4. The third-order valence-electron chi connectivity index (χ3n) is 5.17. The molecule has 2 heterocycles. The minimum absolute atomic E-state index is 0. The molecule has 1 saturated heterocycles. The third kappa shape index (κ3) is 6.73. The van der Waals surface area contributed by atoms with Crippen LogP contribution in [0, 0.1) is 5.92 Å². The first-order valence-corrected chi connectivity index (χ1v) is 9.09. The van der Waals surface area contributed by atoms with E-state index in [1.165, 1.54) is 0 Å². The zero-order valence-corrected chi connectivity index (χ0v) is 17.0. The number of halogens is 2. The number of carbonyl (C=O) groups excluding carboxylic acids is 1. The van der Waals surface area contributed by atoms with Crippen molar-refractivity contribution in [3.63, 3.8) is 0 Å². The summed E-state index contributed by atoms with van der Waals surface area (Å²) >= 11 is 0. The maximum atomic E-state index is 12.2. The van der Waals surface area contributed by atoms with Crippen molar-refractivity contribution in [1.29, 1.82) is 0 Å². The molecule has 1 saturated carbocycles. The summed E-state index contributed by atoms with van der Waals surface area (Å²) in [6.07, 6.45) is 4.97. The van der Waals surface area contributed by atoms with E-state index in [1.807, 2.05) is 6.07 Å². The smallest absolute Gasteiger partial charge is 0.225 e. The van der Waals surface area contributed by atoms with E-state index in [0.29, 0.717) is 19.4 Å². The molecule has 3 atom stereocenters. The van der Waals surface area contributed by atoms with E-state index in [0.717, 1.165) is 45.1 Å². The Hall–Kier alpha value is -1.19. The SMILES string of the molecule is Cl.Cl.N[C@@H]1C[C@@H](C(=O)NCCN2CCN(c3ncccn3)CC2)CC[C@H]1O. The number of aliphatic hydroxyl groups is 1. The number of rotatable bonds is 5. The Morgan fingerprint density at radius 1 is 1.19 bits per heavy atom. The van der Waals surface area contributed by atoms with Crippen molar-refractivity contribution in [2.45, 2.75) is 31.4 Å². The minimum Gasteiger partial charge on any atom is -0.392 e. The predicted octanol–water partition coefficient (Wildman–Crippen LogP) is 0.0467. The number of hydrogen-bond donors (Lipinski definition) is 3. The van der Waals surface area contributed by atoms with Gasteiger partial charge in [-0.2, -0.15) is 0 Å². The molecule has 2 aliphatic rings. The van der Waals surface area contributed by atoms with Gasteiger partial charge in [-0.05, 0) is 25.3 Å². The maximum Gasteiger partial charge on any atom is 0.225 e. The largest absolute Gasteiger partial charge is 0.392 e. The van der Waals surface area contributed by atoms with Crippen LogP contribution in [-0.4, -0.2) is 77.3 Å². The lowest BCUT2D eigenvalue weighted by molar-refractivity contribution is -0.126. The Kier molecular flexibility index (Phi) is 10.3. The summed E-state index contributed by atoms with van der Waals surface area (Å²) in [7, 11) is 0. The zero-order chi connectivity index (χ0) is 17.6. The van der Waals surface area contributed by atoms with E-state index in [9.17, 15) is 9.90 Å². The molecule has 0 radical (unpaired) electrons. The fourth-order valence-corrected chi connectivity index (χ4v) is 3.54. The zero-order valence-electron chi connectivity index (χ0n) is 15.4. The highest BCUT2D eigenvalue weighted by Gasteiger charge is 2.30. The number of nitrogens with one attached hydrogen (secondary N) is 1. The fraction of sp³-hybridized carbons (Fsp3) is 0.706. The van der Waals surface area contributed by atoms with Gasteiger partial charge in [0, 0.05) is 63.6 Å². The second-order valence-corrected chi connectivity index (χ2v) is 6.91. The van der Waals surface area contributed by atoms with Gasteiger partial charge in [-0.1, -0.05) is 0 Å². The van der Waals surface area contributed by atoms with E-state index < -0.39 is 6.10 Å². The molecule has 27 heavy (non-hydrogen) atoms. The molecule has 10 heteroatoms. The number of nitrogens with two attached hydrogens (primary N) is 1. The minimum atomic E-state index is -0.464. The Bertz CT molecular complexity index is 560. The van der Waals surface area contributed by atoms with Gasteiger partial charge in [-0.3, -0.25) is 9.69 Å². The quantitative estimate of drug-likeness (QED) is 0.617. The van der Waals surface area contributed by atoms with Gasteiger partial charge in [0.2, 0.25) is 11.9 Å². The van der Waals surface area contributed by atoms with Crippen LogP contribution >= 0.6 is 24.8 Å². The molecule has 0 spiro atoms. The van der Waals surface area contributed by atoms with Crippen LogP contribution < -0.4 is 16.0 Å². The van der Waals surface area contributed by atoms with Crippen molar-refractivity contribution < 1.29 is 9.90 Å². The first-order chi connectivity index (χ1) is 12.1. The van der Waals surface area contributed by atoms with E-state index in [-0.39, 0.29) is 42.7 Å². The standard InChI is InChI=1S/C17H28N6O2.2ClH/c18-14-12-13(2-3-15(14)24)16(25)19-6-7-22-8-10-23(11-9-22)17-20-4-1-5-21-17;;/h1,4-5,13-15,24H,2-3,6-12,18H2,(H,19,25);2*1H/t13-,14+,15+;;/m0../s1. The summed E-state index contributed by atoms with van der Waals surface area (Å²) < 4.78 is 0. The van der Waals surface area contributed by atoms with E-state index in [4.69, 9.17) is 5.73 Å². The molecular formula is C17H30Cl2N6O2. The van der Waals surface area contributed by atoms with Crippen LogP contribution in [0.25, 0.3) is 0 Å². The van der Waals surface area contributed by atoms with Crippen LogP contribution in [0.1, 0.15) is 19.3 Å². The van der Waals surface area contributed by atoms with Crippen LogP contribution in [-0.2, 0) is 4.79 Å². The van der Waals surface area contributed by atoms with Gasteiger partial charge in [-0.15, -0.1) is 24.8 Å². The van der Waals surface area contributed by atoms with Crippen molar-refractivity contribution in [2.75, 3.05) is 44.2 Å². The van der Waals surface area contributed by atoms with E-state index in [1.54, 1.807) is 12.4 Å². The molecule has 4 N–H and O–H groups in total. The molecule has 8 nitrogen and oxygen atoms in total. The molecule has 1 aliphatic heterocycles. The van der Waals surface area contributed by atoms with Gasteiger partial charge < -0.3 is 21.1 Å². The van der Waals surface area contributed by atoms with Crippen molar-refractivity contribution in [3.8, 4) is 0 Å². The van der Waals surface area contributed by atoms with Crippen LogP contribution in [0.15, 0.2) is 18.5 Å². The number of piperazine rings is 1. The average molecular weight is 421 g/mol. The van der Waals surface area contributed by atoms with Crippen LogP contribution in [0.5, 0.6) is 0 Å². The normalized spacial score (nSPS) is 25.9. The lowest BCUT2D eigenvalue weighted by atomic mass is 9.84. The van der Waals surface area contributed by atoms with Gasteiger partial charge >= 0.3 is 0 Å². The number of anilines is 1. The van der Waals surface area contributed by atoms with Gasteiger partial charge in [0.1, 0.15) is 0 Å². The van der Waals surface area contributed by atoms with Crippen molar-refractivity contribution in [1.82, 2.24) is 20.2 Å². The number of carbonyl (C=O) groups is 1. The summed E-state index contributed by atoms with van der Waals surface area (Å²) in [6, 6.07) is 1.54. The average Bonchev–Trinajstić information content (AvgIpc) is 2.65. The molecule has 0 bridgehead atoms. The van der Waals surface area contributed by atoms with Gasteiger partial charge in [0.15, 0.2) is 0 Å². The first-order valence-electron chi connectivity index (χ1n) is 9.09. The van der Waals surface area contributed by atoms with Gasteiger partial charge in [0.05, 0.1) is 6.10 Å². The third-order valence-corrected chi connectivity index (χ3v) is 5.17. The number of hydrogen-bond acceptors (Lipinski definition) is 7. The first kappa shape index (κ1) is 23.8. The number of amides is 1.